The molecule has 5 nitrogen and oxygen atoms in total. The van der Waals surface area contributed by atoms with Crippen molar-refractivity contribution in [3.8, 4) is 0 Å². The van der Waals surface area contributed by atoms with Gasteiger partial charge >= 0.3 is 12.0 Å². The van der Waals surface area contributed by atoms with E-state index in [2.05, 4.69) is 21.9 Å². The normalized spacial score (nSPS) is 8.42. The highest BCUT2D eigenvalue weighted by Gasteiger charge is 2.02. The first-order valence-electron chi connectivity index (χ1n) is 3.51. The summed E-state index contributed by atoms with van der Waals surface area (Å²) in [5, 5.41) is 4.52. The molecule has 0 bridgehead atoms. The summed E-state index contributed by atoms with van der Waals surface area (Å²) in [6.07, 6.45) is 1.22. The lowest BCUT2D eigenvalue weighted by Gasteiger charge is -2.03. The molecule has 0 spiro atoms. The molecule has 0 radical (unpaired) electrons. The minimum absolute atomic E-state index is 0.131. The molecule has 2 amide bonds. The molecule has 68 valence electrons. The summed E-state index contributed by atoms with van der Waals surface area (Å²) >= 11 is 0. The van der Waals surface area contributed by atoms with Gasteiger partial charge in [-0.1, -0.05) is 6.58 Å². The van der Waals surface area contributed by atoms with Gasteiger partial charge in [0.05, 0.1) is 6.61 Å². The van der Waals surface area contributed by atoms with E-state index in [1.807, 2.05) is 0 Å². The fourth-order valence-electron chi connectivity index (χ4n) is 0.508. The molecule has 2 N–H and O–H groups in total. The number of esters is 1. The van der Waals surface area contributed by atoms with Crippen LogP contribution in [0.3, 0.4) is 0 Å². The quantitative estimate of drug-likeness (QED) is 0.586. The zero-order chi connectivity index (χ0) is 9.40. The highest BCUT2D eigenvalue weighted by molar-refractivity contribution is 5.81. The third-order valence-electron chi connectivity index (χ3n) is 0.932. The number of hydrogen-bond donors (Lipinski definition) is 2. The van der Waals surface area contributed by atoms with Crippen LogP contribution < -0.4 is 10.6 Å². The molecule has 0 aliphatic carbocycles. The second kappa shape index (κ2) is 6.21. The minimum atomic E-state index is -0.474. The van der Waals surface area contributed by atoms with Crippen LogP contribution in [0.15, 0.2) is 12.8 Å². The van der Waals surface area contributed by atoms with Crippen molar-refractivity contribution in [1.29, 1.82) is 0 Å². The first-order chi connectivity index (χ1) is 5.70. The second-order valence-electron chi connectivity index (χ2n) is 1.84. The summed E-state index contributed by atoms with van der Waals surface area (Å²) in [5.74, 6) is -0.461. The summed E-state index contributed by atoms with van der Waals surface area (Å²) < 4.78 is 4.56. The molecule has 0 rings (SSSR count). The molecular weight excluding hydrogens is 160 g/mol. The largest absolute Gasteiger partial charge is 0.465 e. The molecule has 0 aliphatic heterocycles. The van der Waals surface area contributed by atoms with Crippen LogP contribution in [0.1, 0.15) is 6.92 Å². The fraction of sp³-hybridized carbons (Fsp3) is 0.429. The summed E-state index contributed by atoms with van der Waals surface area (Å²) in [4.78, 5) is 21.3. The standard InChI is InChI=1S/C7H12N2O3/c1-3-8-7(11)9-5-6(10)12-4-2/h3H,1,4-5H2,2H3,(H2,8,9,11). The van der Waals surface area contributed by atoms with Crippen molar-refractivity contribution in [3.63, 3.8) is 0 Å². The van der Waals surface area contributed by atoms with E-state index in [9.17, 15) is 9.59 Å². The number of carbonyl (C=O) groups excluding carboxylic acids is 2. The zero-order valence-electron chi connectivity index (χ0n) is 6.92. The first kappa shape index (κ1) is 10.5. The van der Waals surface area contributed by atoms with Crippen molar-refractivity contribution in [3.05, 3.63) is 12.8 Å². The summed E-state index contributed by atoms with van der Waals surface area (Å²) in [6.45, 7) is 5.15. The van der Waals surface area contributed by atoms with Gasteiger partial charge in [0.15, 0.2) is 0 Å². The van der Waals surface area contributed by atoms with Gasteiger partial charge in [0, 0.05) is 0 Å². The number of ether oxygens (including phenoxy) is 1. The monoisotopic (exact) mass is 172 g/mol. The van der Waals surface area contributed by atoms with Gasteiger partial charge < -0.3 is 15.4 Å². The number of carbonyl (C=O) groups is 2. The maximum atomic E-state index is 10.7. The number of nitrogens with one attached hydrogen (secondary N) is 2. The highest BCUT2D eigenvalue weighted by atomic mass is 16.5. The Morgan fingerprint density at radius 2 is 2.25 bits per heavy atom. The molecule has 12 heavy (non-hydrogen) atoms. The van der Waals surface area contributed by atoms with E-state index >= 15 is 0 Å². The molecule has 0 fully saturated rings. The maximum absolute atomic E-state index is 10.7. The second-order valence-corrected chi connectivity index (χ2v) is 1.84. The molecule has 0 aromatic heterocycles. The van der Waals surface area contributed by atoms with Gasteiger partial charge in [-0.05, 0) is 13.1 Å². The van der Waals surface area contributed by atoms with Crippen molar-refractivity contribution in [1.82, 2.24) is 10.6 Å². The van der Waals surface area contributed by atoms with E-state index in [4.69, 9.17) is 0 Å². The molecule has 0 aliphatic rings. The van der Waals surface area contributed by atoms with Crippen LogP contribution in [0.2, 0.25) is 0 Å². The zero-order valence-corrected chi connectivity index (χ0v) is 6.92. The molecule has 0 saturated carbocycles. The third-order valence-corrected chi connectivity index (χ3v) is 0.932. The van der Waals surface area contributed by atoms with Crippen LogP contribution in [0.4, 0.5) is 4.79 Å². The van der Waals surface area contributed by atoms with Crippen LogP contribution in [-0.4, -0.2) is 25.2 Å². The van der Waals surface area contributed by atoms with E-state index in [1.165, 1.54) is 6.20 Å². The molecule has 0 saturated heterocycles. The summed E-state index contributed by atoms with van der Waals surface area (Å²) in [6, 6.07) is -0.474. The molecular formula is C7H12N2O3. The minimum Gasteiger partial charge on any atom is -0.465 e. The van der Waals surface area contributed by atoms with E-state index in [0.29, 0.717) is 6.61 Å². The Bertz CT molecular complexity index is 179. The van der Waals surface area contributed by atoms with Gasteiger partial charge in [-0.2, -0.15) is 0 Å². The Labute approximate surface area is 70.8 Å². The van der Waals surface area contributed by atoms with Crippen LogP contribution in [0.5, 0.6) is 0 Å². The predicted octanol–water partition coefficient (Wildman–Crippen LogP) is -0.00780. The molecule has 0 atom stereocenters. The topological polar surface area (TPSA) is 67.4 Å². The van der Waals surface area contributed by atoms with Gasteiger partial charge in [-0.25, -0.2) is 4.79 Å². The molecule has 0 unspecified atom stereocenters. The van der Waals surface area contributed by atoms with Crippen LogP contribution in [0, 0.1) is 0 Å². The van der Waals surface area contributed by atoms with Gasteiger partial charge in [0.1, 0.15) is 6.54 Å². The predicted molar refractivity (Wildman–Crippen MR) is 43.4 cm³/mol. The average molecular weight is 172 g/mol. The van der Waals surface area contributed by atoms with Crippen molar-refractivity contribution in [2.45, 2.75) is 6.92 Å². The first-order valence-corrected chi connectivity index (χ1v) is 3.51. The van der Waals surface area contributed by atoms with E-state index < -0.39 is 12.0 Å². The average Bonchev–Trinajstić information content (AvgIpc) is 2.02. The van der Waals surface area contributed by atoms with Crippen LogP contribution in [0.25, 0.3) is 0 Å². The van der Waals surface area contributed by atoms with Gasteiger partial charge in [-0.3, -0.25) is 4.79 Å². The third kappa shape index (κ3) is 5.28. The lowest BCUT2D eigenvalue weighted by molar-refractivity contribution is -0.141. The number of urea groups is 1. The van der Waals surface area contributed by atoms with E-state index in [-0.39, 0.29) is 6.54 Å². The Morgan fingerprint density at radius 1 is 1.58 bits per heavy atom. The highest BCUT2D eigenvalue weighted by Crippen LogP contribution is 1.74. The number of rotatable bonds is 4. The summed E-state index contributed by atoms with van der Waals surface area (Å²) in [7, 11) is 0. The SMILES string of the molecule is C=CNC(=O)NCC(=O)OCC. The van der Waals surface area contributed by atoms with Crippen LogP contribution >= 0.6 is 0 Å². The molecule has 5 heteroatoms. The van der Waals surface area contributed by atoms with Crippen molar-refractivity contribution < 1.29 is 14.3 Å². The van der Waals surface area contributed by atoms with Gasteiger partial charge in [0.2, 0.25) is 0 Å². The molecule has 0 aromatic rings. The maximum Gasteiger partial charge on any atom is 0.325 e. The molecule has 0 aromatic carbocycles. The van der Waals surface area contributed by atoms with Crippen molar-refractivity contribution in [2.75, 3.05) is 13.2 Å². The lowest BCUT2D eigenvalue weighted by Crippen LogP contribution is -2.36. The molecule has 0 heterocycles. The summed E-state index contributed by atoms with van der Waals surface area (Å²) in [5.41, 5.74) is 0. The van der Waals surface area contributed by atoms with Crippen molar-refractivity contribution in [2.24, 2.45) is 0 Å². The van der Waals surface area contributed by atoms with Crippen molar-refractivity contribution >= 4 is 12.0 Å². The van der Waals surface area contributed by atoms with E-state index in [0.717, 1.165) is 0 Å². The Kier molecular flexibility index (Phi) is 5.42. The van der Waals surface area contributed by atoms with Gasteiger partial charge in [-0.15, -0.1) is 0 Å². The van der Waals surface area contributed by atoms with Crippen LogP contribution in [-0.2, 0) is 9.53 Å². The fourth-order valence-corrected chi connectivity index (χ4v) is 0.508. The Balaban J connectivity index is 3.46. The van der Waals surface area contributed by atoms with Gasteiger partial charge in [0.25, 0.3) is 0 Å². The van der Waals surface area contributed by atoms with E-state index in [1.54, 1.807) is 6.92 Å². The Hall–Kier alpha value is -1.52. The number of amides is 2. The smallest absolute Gasteiger partial charge is 0.325 e. The Morgan fingerprint density at radius 3 is 2.75 bits per heavy atom. The lowest BCUT2D eigenvalue weighted by atomic mass is 10.6. The number of hydrogen-bond acceptors (Lipinski definition) is 3.